The molecule has 0 aliphatic carbocycles. The fourth-order valence-corrected chi connectivity index (χ4v) is 1.92. The fraction of sp³-hybridized carbons (Fsp3) is 0.385. The lowest BCUT2D eigenvalue weighted by molar-refractivity contribution is -0.147. The van der Waals surface area contributed by atoms with Gasteiger partial charge < -0.3 is 20.9 Å². The molecule has 6 nitrogen and oxygen atoms in total. The molecule has 1 rings (SSSR count). The first-order valence-electron chi connectivity index (χ1n) is 6.13. The van der Waals surface area contributed by atoms with Crippen LogP contribution >= 0.6 is 0 Å². The predicted molar refractivity (Wildman–Crippen MR) is 69.6 cm³/mol. The normalized spacial score (nSPS) is 13.3. The number of ether oxygens (including phenoxy) is 1. The summed E-state index contributed by atoms with van der Waals surface area (Å²) in [5.41, 5.74) is 5.67. The van der Waals surface area contributed by atoms with Crippen molar-refractivity contribution in [3.05, 3.63) is 35.4 Å². The molecule has 1 amide bonds. The van der Waals surface area contributed by atoms with Gasteiger partial charge in [0.15, 0.2) is 0 Å². The third kappa shape index (κ3) is 5.74. The Morgan fingerprint density at radius 1 is 1.33 bits per heavy atom. The van der Waals surface area contributed by atoms with Crippen molar-refractivity contribution in [3.63, 3.8) is 0 Å². The number of benzene rings is 1. The first-order chi connectivity index (χ1) is 9.81. The van der Waals surface area contributed by atoms with Gasteiger partial charge >= 0.3 is 12.1 Å². The molecule has 0 aliphatic rings. The van der Waals surface area contributed by atoms with Gasteiger partial charge in [-0.1, -0.05) is 0 Å². The summed E-state index contributed by atoms with van der Waals surface area (Å²) in [6.07, 6.45) is -2.37. The van der Waals surface area contributed by atoms with Crippen LogP contribution in [0.4, 0.5) is 13.6 Å². The van der Waals surface area contributed by atoms with Crippen molar-refractivity contribution in [1.29, 1.82) is 0 Å². The quantitative estimate of drug-likeness (QED) is 0.681. The van der Waals surface area contributed by atoms with Crippen molar-refractivity contribution in [3.8, 4) is 0 Å². The van der Waals surface area contributed by atoms with E-state index in [0.717, 1.165) is 19.1 Å². The molecule has 0 aliphatic heterocycles. The molecular weight excluding hydrogens is 286 g/mol. The van der Waals surface area contributed by atoms with Crippen LogP contribution in [0.1, 0.15) is 12.5 Å². The molecule has 0 unspecified atom stereocenters. The highest BCUT2D eigenvalue weighted by atomic mass is 19.1. The fourth-order valence-electron chi connectivity index (χ4n) is 1.92. The number of nitrogens with two attached hydrogens (primary N) is 1. The van der Waals surface area contributed by atoms with Crippen LogP contribution in [-0.2, 0) is 16.0 Å². The Bertz CT molecular complexity index is 505. The second-order valence-corrected chi connectivity index (χ2v) is 4.42. The molecule has 0 fully saturated rings. The smallest absolute Gasteiger partial charge is 0.405 e. The maximum Gasteiger partial charge on any atom is 0.405 e. The second kappa shape index (κ2) is 7.53. The SMILES string of the molecule is CC(=O)O[C@H](CN)[C@H](Cc1cc(F)cc(F)c1)NC(=O)O. The van der Waals surface area contributed by atoms with Crippen LogP contribution in [0.15, 0.2) is 18.2 Å². The molecule has 0 aromatic heterocycles. The zero-order chi connectivity index (χ0) is 16.0. The van der Waals surface area contributed by atoms with Gasteiger partial charge in [-0.25, -0.2) is 13.6 Å². The molecule has 21 heavy (non-hydrogen) atoms. The lowest BCUT2D eigenvalue weighted by atomic mass is 10.0. The van der Waals surface area contributed by atoms with Gasteiger partial charge in [0.05, 0.1) is 6.04 Å². The van der Waals surface area contributed by atoms with Crippen LogP contribution < -0.4 is 11.1 Å². The van der Waals surface area contributed by atoms with Crippen LogP contribution in [0.5, 0.6) is 0 Å². The lowest BCUT2D eigenvalue weighted by Gasteiger charge is -2.25. The zero-order valence-electron chi connectivity index (χ0n) is 11.3. The average molecular weight is 302 g/mol. The summed E-state index contributed by atoms with van der Waals surface area (Å²) in [5, 5.41) is 10.9. The summed E-state index contributed by atoms with van der Waals surface area (Å²) in [5.74, 6) is -2.19. The van der Waals surface area contributed by atoms with E-state index in [1.54, 1.807) is 0 Å². The third-order valence-corrected chi connectivity index (χ3v) is 2.69. The molecule has 0 saturated heterocycles. The number of carbonyl (C=O) groups excluding carboxylic acids is 1. The van der Waals surface area contributed by atoms with Crippen LogP contribution in [0.2, 0.25) is 0 Å². The highest BCUT2D eigenvalue weighted by molar-refractivity contribution is 5.67. The van der Waals surface area contributed by atoms with Crippen molar-refractivity contribution in [1.82, 2.24) is 5.32 Å². The second-order valence-electron chi connectivity index (χ2n) is 4.42. The molecule has 2 atom stereocenters. The Morgan fingerprint density at radius 2 is 1.90 bits per heavy atom. The predicted octanol–water partition coefficient (Wildman–Crippen LogP) is 1.03. The Labute approximate surface area is 119 Å². The third-order valence-electron chi connectivity index (χ3n) is 2.69. The number of carboxylic acid groups (broad SMARTS) is 1. The first-order valence-corrected chi connectivity index (χ1v) is 6.13. The molecule has 8 heteroatoms. The highest BCUT2D eigenvalue weighted by Crippen LogP contribution is 2.13. The highest BCUT2D eigenvalue weighted by Gasteiger charge is 2.25. The van der Waals surface area contributed by atoms with Crippen molar-refractivity contribution in [2.75, 3.05) is 6.54 Å². The summed E-state index contributed by atoms with van der Waals surface area (Å²) in [7, 11) is 0. The summed E-state index contributed by atoms with van der Waals surface area (Å²) >= 11 is 0. The number of hydrogen-bond acceptors (Lipinski definition) is 4. The minimum absolute atomic E-state index is 0.0733. The van der Waals surface area contributed by atoms with Gasteiger partial charge in [-0.3, -0.25) is 4.79 Å². The van der Waals surface area contributed by atoms with Gasteiger partial charge in [0.1, 0.15) is 17.7 Å². The Morgan fingerprint density at radius 3 is 2.33 bits per heavy atom. The van der Waals surface area contributed by atoms with E-state index >= 15 is 0 Å². The number of esters is 1. The molecule has 0 heterocycles. The molecule has 0 radical (unpaired) electrons. The van der Waals surface area contributed by atoms with Gasteiger partial charge in [0.25, 0.3) is 0 Å². The minimum Gasteiger partial charge on any atom is -0.465 e. The molecule has 1 aromatic rings. The van der Waals surface area contributed by atoms with E-state index in [4.69, 9.17) is 15.6 Å². The molecule has 116 valence electrons. The number of carbonyl (C=O) groups is 2. The molecule has 0 saturated carbocycles. The number of amides is 1. The van der Waals surface area contributed by atoms with Crippen LogP contribution in [0.3, 0.4) is 0 Å². The van der Waals surface area contributed by atoms with Crippen molar-refractivity contribution >= 4 is 12.1 Å². The Hall–Kier alpha value is -2.22. The standard InChI is InChI=1S/C13H16F2N2O4/c1-7(18)21-12(6-16)11(17-13(19)20)4-8-2-9(14)5-10(15)3-8/h2-3,5,11-12,17H,4,6,16H2,1H3,(H,19,20)/t11-,12+/m0/s1. The van der Waals surface area contributed by atoms with Gasteiger partial charge in [0, 0.05) is 19.5 Å². The van der Waals surface area contributed by atoms with E-state index < -0.39 is 35.8 Å². The van der Waals surface area contributed by atoms with Gasteiger partial charge in [-0.2, -0.15) is 0 Å². The van der Waals surface area contributed by atoms with E-state index in [-0.39, 0.29) is 18.5 Å². The van der Waals surface area contributed by atoms with E-state index in [1.165, 1.54) is 0 Å². The summed E-state index contributed by atoms with van der Waals surface area (Å²) in [6, 6.07) is 1.93. The van der Waals surface area contributed by atoms with Crippen LogP contribution in [0.25, 0.3) is 0 Å². The van der Waals surface area contributed by atoms with Crippen molar-refractivity contribution < 1.29 is 28.2 Å². The van der Waals surface area contributed by atoms with Crippen molar-refractivity contribution in [2.24, 2.45) is 5.73 Å². The van der Waals surface area contributed by atoms with E-state index in [1.807, 2.05) is 0 Å². The molecular formula is C13H16F2N2O4. The largest absolute Gasteiger partial charge is 0.465 e. The number of hydrogen-bond donors (Lipinski definition) is 3. The van der Waals surface area contributed by atoms with Crippen LogP contribution in [0, 0.1) is 11.6 Å². The van der Waals surface area contributed by atoms with Crippen molar-refractivity contribution in [2.45, 2.75) is 25.5 Å². The summed E-state index contributed by atoms with van der Waals surface area (Å²) < 4.78 is 31.2. The molecule has 0 bridgehead atoms. The topological polar surface area (TPSA) is 102 Å². The first kappa shape index (κ1) is 16.8. The zero-order valence-corrected chi connectivity index (χ0v) is 11.3. The number of halogens is 2. The van der Waals surface area contributed by atoms with Gasteiger partial charge in [-0.15, -0.1) is 0 Å². The van der Waals surface area contributed by atoms with E-state index in [9.17, 15) is 18.4 Å². The molecule has 1 aromatic carbocycles. The number of rotatable bonds is 6. The minimum atomic E-state index is -1.36. The summed E-state index contributed by atoms with van der Waals surface area (Å²) in [4.78, 5) is 21.8. The molecule has 0 spiro atoms. The maximum atomic E-state index is 13.1. The lowest BCUT2D eigenvalue weighted by Crippen LogP contribution is -2.49. The number of nitrogens with one attached hydrogen (secondary N) is 1. The monoisotopic (exact) mass is 302 g/mol. The van der Waals surface area contributed by atoms with Gasteiger partial charge in [0.2, 0.25) is 0 Å². The van der Waals surface area contributed by atoms with E-state index in [0.29, 0.717) is 6.07 Å². The van der Waals surface area contributed by atoms with Crippen LogP contribution in [-0.4, -0.2) is 35.9 Å². The van der Waals surface area contributed by atoms with Gasteiger partial charge in [-0.05, 0) is 24.1 Å². The molecule has 4 N–H and O–H groups in total. The Balaban J connectivity index is 2.95. The average Bonchev–Trinajstić information content (AvgIpc) is 2.33. The maximum absolute atomic E-state index is 13.1. The Kier molecular flexibility index (Phi) is 6.04. The summed E-state index contributed by atoms with van der Waals surface area (Å²) in [6.45, 7) is 1.02. The van der Waals surface area contributed by atoms with E-state index in [2.05, 4.69) is 5.32 Å².